The minimum Gasteiger partial charge on any atom is -0.340 e. The second-order valence-corrected chi connectivity index (χ2v) is 8.20. The molecule has 2 aromatic carbocycles. The summed E-state index contributed by atoms with van der Waals surface area (Å²) in [7, 11) is 0. The van der Waals surface area contributed by atoms with Crippen molar-refractivity contribution >= 4 is 52.1 Å². The fourth-order valence-electron chi connectivity index (χ4n) is 3.22. The molecule has 4 N–H and O–H groups in total. The molecule has 0 radical (unpaired) electrons. The van der Waals surface area contributed by atoms with Crippen LogP contribution in [0.25, 0.3) is 0 Å². The van der Waals surface area contributed by atoms with Gasteiger partial charge in [0.1, 0.15) is 23.3 Å². The van der Waals surface area contributed by atoms with Gasteiger partial charge in [0.25, 0.3) is 0 Å². The zero-order valence-corrected chi connectivity index (χ0v) is 19.7. The van der Waals surface area contributed by atoms with E-state index in [1.807, 2.05) is 57.2 Å². The molecule has 34 heavy (non-hydrogen) atoms. The van der Waals surface area contributed by atoms with Crippen LogP contribution >= 0.6 is 11.6 Å². The van der Waals surface area contributed by atoms with Gasteiger partial charge in [0, 0.05) is 23.6 Å². The Hall–Kier alpha value is -4.17. The summed E-state index contributed by atoms with van der Waals surface area (Å²) in [5.41, 5.74) is 4.12. The lowest BCUT2D eigenvalue weighted by Gasteiger charge is -2.12. The van der Waals surface area contributed by atoms with Gasteiger partial charge in [0.05, 0.1) is 10.7 Å². The zero-order valence-electron chi connectivity index (χ0n) is 19.0. The van der Waals surface area contributed by atoms with Crippen molar-refractivity contribution in [2.24, 2.45) is 0 Å². The third-order valence-electron chi connectivity index (χ3n) is 4.80. The minimum atomic E-state index is -0.377. The summed E-state index contributed by atoms with van der Waals surface area (Å²) in [6, 6.07) is 18.0. The van der Waals surface area contributed by atoms with Crippen LogP contribution in [0.1, 0.15) is 17.0 Å². The number of nitrogens with zero attached hydrogens (tertiary/aromatic N) is 3. The fraction of sp³-hybridized carbons (Fsp3) is 0.120. The van der Waals surface area contributed by atoms with Crippen molar-refractivity contribution in [3.8, 4) is 0 Å². The Morgan fingerprint density at radius 3 is 2.12 bits per heavy atom. The minimum absolute atomic E-state index is 0.377. The smallest absolute Gasteiger partial charge is 0.323 e. The number of aromatic nitrogens is 3. The van der Waals surface area contributed by atoms with Gasteiger partial charge in [0.15, 0.2) is 0 Å². The summed E-state index contributed by atoms with van der Waals surface area (Å²) < 4.78 is 0. The van der Waals surface area contributed by atoms with Crippen LogP contribution in [0.2, 0.25) is 5.02 Å². The number of aryl methyl sites for hydroxylation is 3. The van der Waals surface area contributed by atoms with Crippen LogP contribution < -0.4 is 21.3 Å². The van der Waals surface area contributed by atoms with E-state index < -0.39 is 0 Å². The molecule has 2 heterocycles. The first-order valence-electron chi connectivity index (χ1n) is 10.6. The fourth-order valence-corrected chi connectivity index (χ4v) is 3.50. The molecular weight excluding hydrogens is 450 g/mol. The third kappa shape index (κ3) is 6.20. The quantitative estimate of drug-likeness (QED) is 0.252. The van der Waals surface area contributed by atoms with Crippen LogP contribution in [-0.2, 0) is 0 Å². The van der Waals surface area contributed by atoms with Crippen molar-refractivity contribution < 1.29 is 4.79 Å². The van der Waals surface area contributed by atoms with Crippen molar-refractivity contribution in [3.05, 3.63) is 88.8 Å². The number of nitrogens with one attached hydrogen (secondary N) is 4. The summed E-state index contributed by atoms with van der Waals surface area (Å²) in [5, 5.41) is 12.5. The Kier molecular flexibility index (Phi) is 6.89. The van der Waals surface area contributed by atoms with Crippen LogP contribution in [0.4, 0.5) is 39.3 Å². The highest BCUT2D eigenvalue weighted by molar-refractivity contribution is 6.33. The highest BCUT2D eigenvalue weighted by atomic mass is 35.5. The molecule has 0 saturated heterocycles. The largest absolute Gasteiger partial charge is 0.340 e. The number of anilines is 6. The molecule has 8 nitrogen and oxygen atoms in total. The van der Waals surface area contributed by atoms with Gasteiger partial charge >= 0.3 is 6.03 Å². The highest BCUT2D eigenvalue weighted by Crippen LogP contribution is 2.24. The maximum Gasteiger partial charge on any atom is 0.323 e. The first-order valence-corrected chi connectivity index (χ1v) is 11.0. The van der Waals surface area contributed by atoms with Crippen LogP contribution in [0.3, 0.4) is 0 Å². The molecular formula is C25H24ClN7O. The van der Waals surface area contributed by atoms with Crippen molar-refractivity contribution in [3.63, 3.8) is 0 Å². The Balaban J connectivity index is 1.39. The Morgan fingerprint density at radius 1 is 0.735 bits per heavy atom. The van der Waals surface area contributed by atoms with Gasteiger partial charge in [-0.15, -0.1) is 0 Å². The van der Waals surface area contributed by atoms with Crippen molar-refractivity contribution in [2.75, 3.05) is 21.3 Å². The predicted molar refractivity (Wildman–Crippen MR) is 138 cm³/mol. The Labute approximate surface area is 202 Å². The Bertz CT molecular complexity index is 1330. The topological polar surface area (TPSA) is 104 Å². The first kappa shape index (κ1) is 23.0. The first-order chi connectivity index (χ1) is 16.3. The number of rotatable bonds is 6. The van der Waals surface area contributed by atoms with Gasteiger partial charge in [-0.1, -0.05) is 17.7 Å². The van der Waals surface area contributed by atoms with E-state index in [1.54, 1.807) is 30.5 Å². The number of hydrogen-bond acceptors (Lipinski definition) is 6. The van der Waals surface area contributed by atoms with E-state index in [9.17, 15) is 4.79 Å². The summed E-state index contributed by atoms with van der Waals surface area (Å²) in [6.45, 7) is 5.77. The molecule has 0 aliphatic rings. The molecule has 2 amide bonds. The standard InChI is InChI=1S/C25H24ClN7O/c1-15-4-9-21(20(26)12-15)32-25(34)31-19-7-5-18(6-8-19)30-23-14-24(29-17(3)28-23)33-22-13-16(2)10-11-27-22/h4-14H,1-3H3,(H2,31,32,34)(H2,27,28,29,30,33). The van der Waals surface area contributed by atoms with Crippen LogP contribution in [0.5, 0.6) is 0 Å². The number of urea groups is 1. The molecule has 4 rings (SSSR count). The molecule has 0 fully saturated rings. The summed E-state index contributed by atoms with van der Waals surface area (Å²) in [5.74, 6) is 2.60. The van der Waals surface area contributed by atoms with E-state index in [1.165, 1.54) is 0 Å². The molecule has 0 spiro atoms. The monoisotopic (exact) mass is 473 g/mol. The Morgan fingerprint density at radius 2 is 1.41 bits per heavy atom. The van der Waals surface area contributed by atoms with Crippen LogP contribution in [0.15, 0.2) is 66.9 Å². The molecule has 172 valence electrons. The molecule has 0 atom stereocenters. The summed E-state index contributed by atoms with van der Waals surface area (Å²) >= 11 is 6.18. The lowest BCUT2D eigenvalue weighted by atomic mass is 10.2. The molecule has 0 aliphatic heterocycles. The molecule has 0 bridgehead atoms. The van der Waals surface area contributed by atoms with Gasteiger partial charge < -0.3 is 21.3 Å². The van der Waals surface area contributed by atoms with E-state index in [2.05, 4.69) is 36.2 Å². The van der Waals surface area contributed by atoms with Crippen molar-refractivity contribution in [1.29, 1.82) is 0 Å². The lowest BCUT2D eigenvalue weighted by Crippen LogP contribution is -2.19. The van der Waals surface area contributed by atoms with Crippen molar-refractivity contribution in [2.45, 2.75) is 20.8 Å². The van der Waals surface area contributed by atoms with E-state index in [4.69, 9.17) is 11.6 Å². The average molecular weight is 474 g/mol. The number of amides is 2. The average Bonchev–Trinajstić information content (AvgIpc) is 2.77. The van der Waals surface area contributed by atoms with E-state index in [-0.39, 0.29) is 6.03 Å². The molecule has 4 aromatic rings. The number of halogens is 1. The second kappa shape index (κ2) is 10.2. The van der Waals surface area contributed by atoms with Gasteiger partial charge in [-0.25, -0.2) is 19.7 Å². The maximum atomic E-state index is 12.3. The van der Waals surface area contributed by atoms with Gasteiger partial charge in [-0.2, -0.15) is 0 Å². The van der Waals surface area contributed by atoms with Crippen molar-refractivity contribution in [1.82, 2.24) is 15.0 Å². The van der Waals surface area contributed by atoms with Gasteiger partial charge in [0.2, 0.25) is 0 Å². The molecule has 9 heteroatoms. The number of hydrogen-bond donors (Lipinski definition) is 4. The number of carbonyl (C=O) groups is 1. The lowest BCUT2D eigenvalue weighted by molar-refractivity contribution is 0.262. The third-order valence-corrected chi connectivity index (χ3v) is 5.11. The van der Waals surface area contributed by atoms with Gasteiger partial charge in [-0.3, -0.25) is 0 Å². The van der Waals surface area contributed by atoms with E-state index in [0.717, 1.165) is 16.8 Å². The number of pyridine rings is 1. The summed E-state index contributed by atoms with van der Waals surface area (Å²) in [4.78, 5) is 25.5. The number of benzene rings is 2. The molecule has 0 aliphatic carbocycles. The SMILES string of the molecule is Cc1ccnc(Nc2cc(Nc3ccc(NC(=O)Nc4ccc(C)cc4Cl)cc3)nc(C)n2)c1. The maximum absolute atomic E-state index is 12.3. The second-order valence-electron chi connectivity index (χ2n) is 7.79. The molecule has 0 saturated carbocycles. The van der Waals surface area contributed by atoms with Crippen LogP contribution in [0, 0.1) is 20.8 Å². The van der Waals surface area contributed by atoms with Gasteiger partial charge in [-0.05, 0) is 80.4 Å². The van der Waals surface area contributed by atoms with Crippen LogP contribution in [-0.4, -0.2) is 21.0 Å². The van der Waals surface area contributed by atoms with E-state index in [0.29, 0.717) is 39.7 Å². The molecule has 2 aromatic heterocycles. The zero-order chi connectivity index (χ0) is 24.1. The van der Waals surface area contributed by atoms with E-state index >= 15 is 0 Å². The highest BCUT2D eigenvalue weighted by Gasteiger charge is 2.08. The summed E-state index contributed by atoms with van der Waals surface area (Å²) in [6.07, 6.45) is 1.75. The predicted octanol–water partition coefficient (Wildman–Crippen LogP) is 6.58. The normalized spacial score (nSPS) is 10.5. The molecule has 0 unspecified atom stereocenters. The number of carbonyl (C=O) groups excluding carboxylic acids is 1.